The third-order valence-corrected chi connectivity index (χ3v) is 2.06. The van der Waals surface area contributed by atoms with Gasteiger partial charge in [-0.25, -0.2) is 0 Å². The third-order valence-electron chi connectivity index (χ3n) is 1.28. The maximum atomic E-state index is 10.7. The van der Waals surface area contributed by atoms with Crippen molar-refractivity contribution in [2.45, 2.75) is 6.42 Å². The lowest BCUT2D eigenvalue weighted by Gasteiger charge is -1.96. The molecule has 0 bridgehead atoms. The first-order chi connectivity index (χ1) is 5.24. The lowest BCUT2D eigenvalue weighted by Crippen LogP contribution is -2.03. The molecule has 0 aliphatic carbocycles. The summed E-state index contributed by atoms with van der Waals surface area (Å²) in [5.41, 5.74) is 0.627. The first kappa shape index (κ1) is 8.07. The lowest BCUT2D eigenvalue weighted by molar-refractivity contribution is -0.139. The summed E-state index contributed by atoms with van der Waals surface area (Å²) in [5.74, 6) is -0.167. The van der Waals surface area contributed by atoms with Crippen molar-refractivity contribution in [3.8, 4) is 5.75 Å². The smallest absolute Gasteiger partial charge is 0.310 e. The van der Waals surface area contributed by atoms with Crippen molar-refractivity contribution in [3.05, 3.63) is 16.3 Å². The van der Waals surface area contributed by atoms with Crippen molar-refractivity contribution in [3.63, 3.8) is 0 Å². The number of carbonyl (C=O) groups is 1. The Morgan fingerprint density at radius 2 is 2.45 bits per heavy atom. The number of thiophene rings is 1. The van der Waals surface area contributed by atoms with E-state index in [0.29, 0.717) is 5.56 Å². The fraction of sp³-hybridized carbons (Fsp3) is 0.286. The summed E-state index contributed by atoms with van der Waals surface area (Å²) < 4.78 is 4.43. The molecule has 1 N–H and O–H groups in total. The predicted molar refractivity (Wildman–Crippen MR) is 41.7 cm³/mol. The maximum Gasteiger partial charge on any atom is 0.310 e. The number of hydrogen-bond acceptors (Lipinski definition) is 4. The van der Waals surface area contributed by atoms with Crippen molar-refractivity contribution in [2.24, 2.45) is 0 Å². The molecule has 0 amide bonds. The zero-order valence-electron chi connectivity index (χ0n) is 6.03. The molecule has 4 heteroatoms. The van der Waals surface area contributed by atoms with E-state index in [9.17, 15) is 4.79 Å². The van der Waals surface area contributed by atoms with E-state index in [1.54, 1.807) is 10.8 Å². The zero-order valence-corrected chi connectivity index (χ0v) is 6.85. The molecular formula is C7H8O3S. The van der Waals surface area contributed by atoms with Gasteiger partial charge in [0.25, 0.3) is 0 Å². The summed E-state index contributed by atoms with van der Waals surface area (Å²) in [5, 5.41) is 12.4. The van der Waals surface area contributed by atoms with Crippen LogP contribution in [0.3, 0.4) is 0 Å². The lowest BCUT2D eigenvalue weighted by atomic mass is 10.2. The van der Waals surface area contributed by atoms with Crippen LogP contribution in [0.5, 0.6) is 5.75 Å². The van der Waals surface area contributed by atoms with Crippen molar-refractivity contribution < 1.29 is 14.6 Å². The van der Waals surface area contributed by atoms with Gasteiger partial charge in [0.2, 0.25) is 0 Å². The predicted octanol–water partition coefficient (Wildman–Crippen LogP) is 1.17. The Labute approximate surface area is 68.2 Å². The topological polar surface area (TPSA) is 46.5 Å². The van der Waals surface area contributed by atoms with E-state index >= 15 is 0 Å². The van der Waals surface area contributed by atoms with Gasteiger partial charge >= 0.3 is 5.97 Å². The van der Waals surface area contributed by atoms with E-state index in [1.807, 2.05) is 0 Å². The van der Waals surface area contributed by atoms with Crippen LogP contribution in [0.25, 0.3) is 0 Å². The highest BCUT2D eigenvalue weighted by Crippen LogP contribution is 2.21. The van der Waals surface area contributed by atoms with Gasteiger partial charge in [-0.2, -0.15) is 0 Å². The molecule has 11 heavy (non-hydrogen) atoms. The molecule has 0 saturated carbocycles. The number of hydrogen-bond donors (Lipinski definition) is 1. The minimum absolute atomic E-state index is 0.145. The van der Waals surface area contributed by atoms with Crippen molar-refractivity contribution >= 4 is 17.3 Å². The molecule has 0 saturated heterocycles. The van der Waals surface area contributed by atoms with Crippen LogP contribution in [-0.2, 0) is 16.0 Å². The van der Waals surface area contributed by atoms with Gasteiger partial charge in [0.05, 0.1) is 13.5 Å². The van der Waals surface area contributed by atoms with E-state index in [4.69, 9.17) is 5.11 Å². The van der Waals surface area contributed by atoms with E-state index in [-0.39, 0.29) is 18.1 Å². The first-order valence-electron chi connectivity index (χ1n) is 3.05. The van der Waals surface area contributed by atoms with Crippen LogP contribution in [0.15, 0.2) is 10.8 Å². The molecule has 0 unspecified atom stereocenters. The van der Waals surface area contributed by atoms with Crippen LogP contribution < -0.4 is 0 Å². The van der Waals surface area contributed by atoms with Gasteiger partial charge < -0.3 is 9.84 Å². The Morgan fingerprint density at radius 3 is 2.91 bits per heavy atom. The van der Waals surface area contributed by atoms with Crippen LogP contribution in [-0.4, -0.2) is 18.2 Å². The second-order valence-corrected chi connectivity index (χ2v) is 2.78. The SMILES string of the molecule is COC(=O)Cc1cscc1O. The molecule has 60 valence electrons. The Kier molecular flexibility index (Phi) is 2.48. The molecule has 1 heterocycles. The highest BCUT2D eigenvalue weighted by Gasteiger charge is 2.07. The van der Waals surface area contributed by atoms with E-state index < -0.39 is 0 Å². The maximum absolute atomic E-state index is 10.7. The molecule has 3 nitrogen and oxygen atoms in total. The van der Waals surface area contributed by atoms with Crippen LogP contribution in [0.4, 0.5) is 0 Å². The van der Waals surface area contributed by atoms with Crippen LogP contribution in [0.1, 0.15) is 5.56 Å². The number of rotatable bonds is 2. The Morgan fingerprint density at radius 1 is 1.73 bits per heavy atom. The second-order valence-electron chi connectivity index (χ2n) is 2.04. The first-order valence-corrected chi connectivity index (χ1v) is 3.99. The normalized spacial score (nSPS) is 9.55. The van der Waals surface area contributed by atoms with E-state index in [1.165, 1.54) is 18.4 Å². The summed E-state index contributed by atoms with van der Waals surface area (Å²) >= 11 is 1.36. The van der Waals surface area contributed by atoms with Crippen LogP contribution in [0.2, 0.25) is 0 Å². The number of carbonyl (C=O) groups excluding carboxylic acids is 1. The average Bonchev–Trinajstić information content (AvgIpc) is 2.37. The average molecular weight is 172 g/mol. The second kappa shape index (κ2) is 3.39. The van der Waals surface area contributed by atoms with Crippen molar-refractivity contribution in [1.29, 1.82) is 0 Å². The van der Waals surface area contributed by atoms with Crippen LogP contribution >= 0.6 is 11.3 Å². The largest absolute Gasteiger partial charge is 0.507 e. The number of aromatic hydroxyl groups is 1. The quantitative estimate of drug-likeness (QED) is 0.681. The molecule has 1 aromatic rings. The van der Waals surface area contributed by atoms with Gasteiger partial charge in [-0.3, -0.25) is 4.79 Å². The highest BCUT2D eigenvalue weighted by atomic mass is 32.1. The summed E-state index contributed by atoms with van der Waals surface area (Å²) in [7, 11) is 1.33. The van der Waals surface area contributed by atoms with E-state index in [2.05, 4.69) is 4.74 Å². The molecule has 0 radical (unpaired) electrons. The molecular weight excluding hydrogens is 164 g/mol. The van der Waals surface area contributed by atoms with Gasteiger partial charge in [-0.1, -0.05) is 0 Å². The van der Waals surface area contributed by atoms with Gasteiger partial charge in [0, 0.05) is 10.9 Å². The molecule has 0 atom stereocenters. The fourth-order valence-electron chi connectivity index (χ4n) is 0.677. The Hall–Kier alpha value is -1.03. The summed E-state index contributed by atoms with van der Waals surface area (Å²) in [6.07, 6.45) is 0.145. The van der Waals surface area contributed by atoms with Gasteiger partial charge in [0.1, 0.15) is 5.75 Å². The zero-order chi connectivity index (χ0) is 8.27. The molecule has 1 rings (SSSR count). The Bertz CT molecular complexity index is 254. The summed E-state index contributed by atoms with van der Waals surface area (Å²) in [6.45, 7) is 0. The molecule has 0 aliphatic rings. The van der Waals surface area contributed by atoms with Crippen molar-refractivity contribution in [2.75, 3.05) is 7.11 Å². The minimum atomic E-state index is -0.335. The third kappa shape index (κ3) is 1.94. The molecule has 0 aromatic carbocycles. The highest BCUT2D eigenvalue weighted by molar-refractivity contribution is 7.08. The molecule has 0 aliphatic heterocycles. The summed E-state index contributed by atoms with van der Waals surface area (Å²) in [4.78, 5) is 10.7. The standard InChI is InChI=1S/C7H8O3S/c1-10-7(9)2-5-3-11-4-6(5)8/h3-4,8H,2H2,1H3. The number of ether oxygens (including phenoxy) is 1. The number of esters is 1. The van der Waals surface area contributed by atoms with Gasteiger partial charge in [0.15, 0.2) is 0 Å². The molecule has 0 fully saturated rings. The van der Waals surface area contributed by atoms with Crippen molar-refractivity contribution in [1.82, 2.24) is 0 Å². The monoisotopic (exact) mass is 172 g/mol. The Balaban J connectivity index is 2.64. The van der Waals surface area contributed by atoms with Gasteiger partial charge in [-0.05, 0) is 5.38 Å². The summed E-state index contributed by atoms with van der Waals surface area (Å²) in [6, 6.07) is 0. The minimum Gasteiger partial charge on any atom is -0.507 e. The van der Waals surface area contributed by atoms with Gasteiger partial charge in [-0.15, -0.1) is 11.3 Å². The van der Waals surface area contributed by atoms with E-state index in [0.717, 1.165) is 0 Å². The molecule has 1 aromatic heterocycles. The van der Waals surface area contributed by atoms with Crippen LogP contribution in [0, 0.1) is 0 Å². The number of methoxy groups -OCH3 is 1. The fourth-order valence-corrected chi connectivity index (χ4v) is 1.39. The molecule has 0 spiro atoms.